The summed E-state index contributed by atoms with van der Waals surface area (Å²) in [6, 6.07) is 0. The third-order valence-electron chi connectivity index (χ3n) is 5.41. The number of unbranched alkanes of at least 4 members (excludes halogenated alkanes) is 8. The Morgan fingerprint density at radius 2 is 1.14 bits per heavy atom. The second-order valence-corrected chi connectivity index (χ2v) is 11.5. The topological polar surface area (TPSA) is 52.6 Å². The minimum atomic E-state index is -4.13. The molecule has 0 aromatic carbocycles. The smallest absolute Gasteiger partial charge is 0.389 e. The van der Waals surface area contributed by atoms with Gasteiger partial charge >= 0.3 is 24.3 Å². The van der Waals surface area contributed by atoms with Crippen molar-refractivity contribution in [2.75, 3.05) is 46.7 Å². The maximum absolute atomic E-state index is 12.6. The normalized spacial score (nSPS) is 13.4. The van der Waals surface area contributed by atoms with Crippen LogP contribution in [0.25, 0.3) is 0 Å². The number of ether oxygens (including phenoxy) is 2. The fourth-order valence-corrected chi connectivity index (χ4v) is 4.65. The molecule has 0 aliphatic carbocycles. The van der Waals surface area contributed by atoms with Crippen LogP contribution in [0.15, 0.2) is 0 Å². The molecule has 0 saturated carbocycles. The van der Waals surface area contributed by atoms with Crippen LogP contribution < -0.4 is 0 Å². The highest BCUT2D eigenvalue weighted by atomic mass is 32.2. The first-order valence-corrected chi connectivity index (χ1v) is 14.0. The summed E-state index contributed by atoms with van der Waals surface area (Å²) < 4.78 is 84.0. The number of hydrogen-bond donors (Lipinski definition) is 0. The van der Waals surface area contributed by atoms with Gasteiger partial charge in [-0.1, -0.05) is 38.5 Å². The second kappa shape index (κ2) is 19.0. The number of hydrogen-bond acceptors (Lipinski definition) is 5. The Bertz CT molecular complexity index is 624. The zero-order valence-electron chi connectivity index (χ0n) is 22.4. The van der Waals surface area contributed by atoms with Gasteiger partial charge in [-0.25, -0.2) is 0 Å². The molecule has 0 fully saturated rings. The first kappa shape index (κ1) is 35.8. The van der Waals surface area contributed by atoms with Gasteiger partial charge in [-0.3, -0.25) is 9.59 Å². The van der Waals surface area contributed by atoms with Gasteiger partial charge in [0.15, 0.2) is 0 Å². The first-order chi connectivity index (χ1) is 17.1. The first-order valence-electron chi connectivity index (χ1n) is 13.0. The molecule has 0 aliphatic heterocycles. The van der Waals surface area contributed by atoms with Crippen molar-refractivity contribution in [3.05, 3.63) is 0 Å². The predicted octanol–water partition coefficient (Wildman–Crippen LogP) is 7.08. The van der Waals surface area contributed by atoms with Crippen LogP contribution in [0.2, 0.25) is 0 Å². The Hall–Kier alpha value is -1.17. The molecule has 0 N–H and O–H groups in total. The molecule has 0 bridgehead atoms. The maximum atomic E-state index is 12.6. The van der Waals surface area contributed by atoms with Crippen molar-refractivity contribution in [1.29, 1.82) is 0 Å². The lowest BCUT2D eigenvalue weighted by Gasteiger charge is -2.24. The Morgan fingerprint density at radius 1 is 0.703 bits per heavy atom. The Morgan fingerprint density at radius 3 is 1.59 bits per heavy atom. The molecule has 220 valence electrons. The van der Waals surface area contributed by atoms with Crippen molar-refractivity contribution >= 4 is 23.7 Å². The van der Waals surface area contributed by atoms with Gasteiger partial charge in [-0.05, 0) is 25.7 Å². The minimum Gasteiger partial charge on any atom is -0.466 e. The van der Waals surface area contributed by atoms with Crippen molar-refractivity contribution < 1.29 is 49.9 Å². The fourth-order valence-electron chi connectivity index (χ4n) is 3.26. The lowest BCUT2D eigenvalue weighted by atomic mass is 10.1. The molecule has 0 rings (SSSR count). The van der Waals surface area contributed by atoms with E-state index in [1.165, 1.54) is 11.8 Å². The van der Waals surface area contributed by atoms with Crippen molar-refractivity contribution in [3.8, 4) is 0 Å². The van der Waals surface area contributed by atoms with Gasteiger partial charge in [-0.15, -0.1) is 11.8 Å². The van der Waals surface area contributed by atoms with E-state index < -0.39 is 42.4 Å². The lowest BCUT2D eigenvalue weighted by Crippen LogP contribution is -2.37. The predicted molar refractivity (Wildman–Crippen MR) is 133 cm³/mol. The van der Waals surface area contributed by atoms with E-state index in [2.05, 4.69) is 0 Å². The summed E-state index contributed by atoms with van der Waals surface area (Å²) in [7, 11) is 6.04. The number of esters is 2. The van der Waals surface area contributed by atoms with Gasteiger partial charge in [0, 0.05) is 18.6 Å². The van der Waals surface area contributed by atoms with Gasteiger partial charge in [-0.2, -0.15) is 26.3 Å². The average molecular weight is 569 g/mol. The van der Waals surface area contributed by atoms with E-state index in [1.54, 1.807) is 0 Å². The lowest BCUT2D eigenvalue weighted by molar-refractivity contribution is -0.867. The van der Waals surface area contributed by atoms with Gasteiger partial charge in [0.05, 0.1) is 47.3 Å². The summed E-state index contributed by atoms with van der Waals surface area (Å²) in [5, 5.41) is -0.715. The van der Waals surface area contributed by atoms with Crippen LogP contribution in [0.4, 0.5) is 26.3 Å². The Kier molecular flexibility index (Phi) is 18.4. The van der Waals surface area contributed by atoms with E-state index in [0.717, 1.165) is 6.54 Å². The van der Waals surface area contributed by atoms with E-state index in [-0.39, 0.29) is 32.5 Å². The van der Waals surface area contributed by atoms with Crippen LogP contribution in [-0.2, 0) is 19.1 Å². The van der Waals surface area contributed by atoms with Gasteiger partial charge in [0.2, 0.25) is 0 Å². The van der Waals surface area contributed by atoms with Gasteiger partial charge < -0.3 is 14.0 Å². The van der Waals surface area contributed by atoms with Crippen LogP contribution >= 0.6 is 11.8 Å². The van der Waals surface area contributed by atoms with Crippen LogP contribution in [0.1, 0.15) is 83.5 Å². The van der Waals surface area contributed by atoms with Crippen molar-refractivity contribution in [2.45, 2.75) is 101 Å². The molecule has 0 aromatic rings. The number of halogens is 6. The van der Waals surface area contributed by atoms with Crippen LogP contribution in [0.5, 0.6) is 0 Å². The highest BCUT2D eigenvalue weighted by Gasteiger charge is 2.27. The summed E-state index contributed by atoms with van der Waals surface area (Å²) in [5.74, 6) is -0.403. The number of carbonyl (C=O) groups is 2. The number of quaternary nitrogens is 1. The fraction of sp³-hybridized carbons (Fsp3) is 0.920. The highest BCUT2D eigenvalue weighted by molar-refractivity contribution is 8.00. The summed E-state index contributed by atoms with van der Waals surface area (Å²) in [6.07, 6.45) is -5.18. The van der Waals surface area contributed by atoms with Gasteiger partial charge in [0.1, 0.15) is 5.25 Å². The average Bonchev–Trinajstić information content (AvgIpc) is 2.74. The van der Waals surface area contributed by atoms with E-state index >= 15 is 0 Å². The molecule has 1 atom stereocenters. The van der Waals surface area contributed by atoms with Crippen LogP contribution in [0, 0.1) is 0 Å². The number of nitrogens with zero attached hydrogens (tertiary/aromatic N) is 1. The molecule has 0 aromatic heterocycles. The molecule has 5 nitrogen and oxygen atoms in total. The molecule has 0 amide bonds. The third-order valence-corrected chi connectivity index (χ3v) is 6.59. The third kappa shape index (κ3) is 26.2. The molecule has 12 heteroatoms. The molecule has 0 aliphatic rings. The molecule has 1 unspecified atom stereocenters. The van der Waals surface area contributed by atoms with Crippen molar-refractivity contribution in [2.24, 2.45) is 0 Å². The molecular formula is C25H44F6NO4S+. The molecule has 0 spiro atoms. The van der Waals surface area contributed by atoms with E-state index in [0.29, 0.717) is 61.6 Å². The van der Waals surface area contributed by atoms with E-state index in [4.69, 9.17) is 9.47 Å². The zero-order chi connectivity index (χ0) is 28.4. The summed E-state index contributed by atoms with van der Waals surface area (Å²) >= 11 is 1.33. The largest absolute Gasteiger partial charge is 0.466 e. The summed E-state index contributed by atoms with van der Waals surface area (Å²) in [5.41, 5.74) is 0. The van der Waals surface area contributed by atoms with Crippen LogP contribution in [-0.4, -0.2) is 80.7 Å². The monoisotopic (exact) mass is 568 g/mol. The zero-order valence-corrected chi connectivity index (χ0v) is 23.2. The standard InChI is InChI=1S/C25H44F6NO4S/c1-32(2,3)16-19-37-21(23(34)36-18-13-9-5-7-11-15-25(29,30)31)20-22(33)35-17-12-8-4-6-10-14-24(26,27)28/h21H,4-20H2,1-3H3/q+1. The SMILES string of the molecule is C[N+](C)(C)CCSC(CC(=O)OCCCCCCCC(F)(F)F)C(=O)OCCCCCCCC(F)(F)F. The summed E-state index contributed by atoms with van der Waals surface area (Å²) in [6.45, 7) is 1.07. The molecule has 0 heterocycles. The number of rotatable bonds is 21. The highest BCUT2D eigenvalue weighted by Crippen LogP contribution is 2.24. The molecule has 0 radical (unpaired) electrons. The quantitative estimate of drug-likeness (QED) is 0.0641. The van der Waals surface area contributed by atoms with Gasteiger partial charge in [0.25, 0.3) is 0 Å². The molecule has 37 heavy (non-hydrogen) atoms. The minimum absolute atomic E-state index is 0.0917. The maximum Gasteiger partial charge on any atom is 0.389 e. The van der Waals surface area contributed by atoms with E-state index in [1.807, 2.05) is 21.1 Å². The molecular weight excluding hydrogens is 524 g/mol. The summed E-state index contributed by atoms with van der Waals surface area (Å²) in [4.78, 5) is 24.8. The Labute approximate surface area is 221 Å². The second-order valence-electron chi connectivity index (χ2n) is 10.2. The number of thioether (sulfide) groups is 1. The molecule has 0 saturated heterocycles. The van der Waals surface area contributed by atoms with Crippen LogP contribution in [0.3, 0.4) is 0 Å². The van der Waals surface area contributed by atoms with E-state index in [9.17, 15) is 35.9 Å². The number of alkyl halides is 6. The number of carbonyl (C=O) groups excluding carboxylic acids is 2. The van der Waals surface area contributed by atoms with Crippen molar-refractivity contribution in [1.82, 2.24) is 0 Å². The Balaban J connectivity index is 4.27. The van der Waals surface area contributed by atoms with Crippen molar-refractivity contribution in [3.63, 3.8) is 0 Å².